The van der Waals surface area contributed by atoms with Gasteiger partial charge in [-0.3, -0.25) is 24.0 Å². The second kappa shape index (κ2) is 13.1. The fourth-order valence-corrected chi connectivity index (χ4v) is 8.00. The number of nitrogens with one attached hydrogen (secondary N) is 3. The number of ether oxygens (including phenoxy) is 2. The second-order valence-corrected chi connectivity index (χ2v) is 18.3. The first-order chi connectivity index (χ1) is 23.5. The molecule has 3 fully saturated rings. The number of alkyl carbamates (subject to hydrolysis) is 1. The van der Waals surface area contributed by atoms with Crippen molar-refractivity contribution in [3.8, 4) is 0 Å². The van der Waals surface area contributed by atoms with Crippen molar-refractivity contribution in [1.82, 2.24) is 25.2 Å². The van der Waals surface area contributed by atoms with Gasteiger partial charge in [-0.2, -0.15) is 0 Å². The maximum atomic E-state index is 14.5. The van der Waals surface area contributed by atoms with Crippen LogP contribution in [0.15, 0.2) is 30.9 Å². The third kappa shape index (κ3) is 8.15. The number of fused-ring (bicyclic) bond motifs is 1. The molecule has 0 aromatic heterocycles. The summed E-state index contributed by atoms with van der Waals surface area (Å²) in [6.45, 7) is 15.3. The molecule has 51 heavy (non-hydrogen) atoms. The Morgan fingerprint density at radius 1 is 1.06 bits per heavy atom. The zero-order valence-electron chi connectivity index (χ0n) is 30.1. The Bertz CT molecular complexity index is 1750. The summed E-state index contributed by atoms with van der Waals surface area (Å²) in [5, 5.41) is 4.66. The molecule has 2 aliphatic carbocycles. The standard InChI is InChI=1S/C35H48FN5O9S/c1-9-21-15-35(21,29(44)39-51(47,48)22-13-14-22)38-27(42)25-16-34(8,50-31(46)40-17-20-11-10-12-24(36)23(20)18-40)19-41(25)28(43)26(32(2,3)4)37-30(45)49-33(5,6)7/h9-12,21-22,25-26H,1,13-19H2,2-8H3,(H,37,45)(H,38,42)(H,39,44)/t21-,25+,26-,34-,35-/m1/s1. The quantitative estimate of drug-likeness (QED) is 0.321. The Morgan fingerprint density at radius 2 is 1.73 bits per heavy atom. The van der Waals surface area contributed by atoms with E-state index in [9.17, 15) is 36.8 Å². The minimum atomic E-state index is -3.94. The average Bonchev–Trinajstić information content (AvgIpc) is 3.90. The van der Waals surface area contributed by atoms with Crippen LogP contribution in [-0.4, -0.2) is 88.7 Å². The van der Waals surface area contributed by atoms with E-state index in [-0.39, 0.29) is 32.5 Å². The first-order valence-corrected chi connectivity index (χ1v) is 18.6. The molecule has 0 bridgehead atoms. The van der Waals surface area contributed by atoms with Crippen LogP contribution in [0, 0.1) is 17.2 Å². The molecule has 1 saturated heterocycles. The van der Waals surface area contributed by atoms with E-state index in [2.05, 4.69) is 21.9 Å². The molecule has 4 aliphatic rings. The average molecular weight is 734 g/mol. The minimum absolute atomic E-state index is 0.0281. The number of benzene rings is 1. The third-order valence-corrected chi connectivity index (χ3v) is 11.5. The zero-order chi connectivity index (χ0) is 37.9. The number of nitrogens with zero attached hydrogens (tertiary/aromatic N) is 2. The van der Waals surface area contributed by atoms with Gasteiger partial charge in [0.2, 0.25) is 21.8 Å². The van der Waals surface area contributed by atoms with Gasteiger partial charge in [0.05, 0.1) is 18.3 Å². The van der Waals surface area contributed by atoms with Crippen LogP contribution in [-0.2, 0) is 47.0 Å². The molecule has 0 radical (unpaired) electrons. The number of hydrogen-bond donors (Lipinski definition) is 3. The number of amides is 5. The summed E-state index contributed by atoms with van der Waals surface area (Å²) in [6.07, 6.45) is 0.539. The maximum Gasteiger partial charge on any atom is 0.410 e. The van der Waals surface area contributed by atoms with Crippen molar-refractivity contribution < 1.29 is 46.3 Å². The van der Waals surface area contributed by atoms with Gasteiger partial charge in [0.15, 0.2) is 0 Å². The van der Waals surface area contributed by atoms with Gasteiger partial charge in [-0.15, -0.1) is 6.58 Å². The molecular weight excluding hydrogens is 685 g/mol. The summed E-state index contributed by atoms with van der Waals surface area (Å²) in [4.78, 5) is 71.0. The number of carbonyl (C=O) groups excluding carboxylic acids is 5. The van der Waals surface area contributed by atoms with E-state index in [4.69, 9.17) is 9.47 Å². The van der Waals surface area contributed by atoms with Crippen molar-refractivity contribution in [2.45, 2.75) is 121 Å². The molecule has 5 amide bonds. The molecular formula is C35H48FN5O9S. The van der Waals surface area contributed by atoms with Crippen LogP contribution in [0.1, 0.15) is 85.3 Å². The van der Waals surface area contributed by atoms with E-state index in [1.807, 2.05) is 0 Å². The van der Waals surface area contributed by atoms with Crippen LogP contribution in [0.4, 0.5) is 14.0 Å². The van der Waals surface area contributed by atoms with Gasteiger partial charge in [0.25, 0.3) is 5.91 Å². The van der Waals surface area contributed by atoms with E-state index >= 15 is 0 Å². The molecule has 0 unspecified atom stereocenters. The fraction of sp³-hybridized carbons (Fsp3) is 0.629. The number of rotatable bonds is 9. The summed E-state index contributed by atoms with van der Waals surface area (Å²) in [6, 6.07) is 2.05. The van der Waals surface area contributed by atoms with Gasteiger partial charge in [-0.1, -0.05) is 39.0 Å². The summed E-state index contributed by atoms with van der Waals surface area (Å²) in [5.74, 6) is -3.39. The molecule has 5 rings (SSSR count). The number of carbonyl (C=O) groups is 5. The molecule has 2 heterocycles. The topological polar surface area (TPSA) is 181 Å². The van der Waals surface area contributed by atoms with Gasteiger partial charge >= 0.3 is 12.2 Å². The highest BCUT2D eigenvalue weighted by molar-refractivity contribution is 7.91. The molecule has 16 heteroatoms. The molecule has 2 aliphatic heterocycles. The van der Waals surface area contributed by atoms with Crippen molar-refractivity contribution >= 4 is 39.9 Å². The minimum Gasteiger partial charge on any atom is -0.444 e. The van der Waals surface area contributed by atoms with Crippen LogP contribution >= 0.6 is 0 Å². The highest BCUT2D eigenvalue weighted by Gasteiger charge is 2.62. The van der Waals surface area contributed by atoms with Crippen LogP contribution in [0.25, 0.3) is 0 Å². The van der Waals surface area contributed by atoms with E-state index < -0.39 is 91.2 Å². The lowest BCUT2D eigenvalue weighted by atomic mass is 9.85. The second-order valence-electron chi connectivity index (χ2n) is 16.4. The lowest BCUT2D eigenvalue weighted by molar-refractivity contribution is -0.143. The Hall–Kier alpha value is -4.21. The molecule has 3 N–H and O–H groups in total. The monoisotopic (exact) mass is 733 g/mol. The van der Waals surface area contributed by atoms with Crippen LogP contribution in [0.5, 0.6) is 0 Å². The molecule has 5 atom stereocenters. The van der Waals surface area contributed by atoms with E-state index in [1.165, 1.54) is 21.9 Å². The van der Waals surface area contributed by atoms with E-state index in [0.29, 0.717) is 24.0 Å². The first kappa shape index (κ1) is 38.0. The highest BCUT2D eigenvalue weighted by atomic mass is 32.2. The van der Waals surface area contributed by atoms with Crippen LogP contribution in [0.2, 0.25) is 0 Å². The van der Waals surface area contributed by atoms with E-state index in [0.717, 1.165) is 0 Å². The van der Waals surface area contributed by atoms with Crippen molar-refractivity contribution in [2.75, 3.05) is 6.54 Å². The Morgan fingerprint density at radius 3 is 2.27 bits per heavy atom. The lowest BCUT2D eigenvalue weighted by Crippen LogP contribution is -2.60. The third-order valence-electron chi connectivity index (χ3n) is 9.63. The molecule has 2 saturated carbocycles. The Balaban J connectivity index is 1.41. The normalized spacial score (nSPS) is 26.4. The number of sulfonamides is 1. The Kier molecular flexibility index (Phi) is 9.76. The van der Waals surface area contributed by atoms with E-state index in [1.54, 1.807) is 60.6 Å². The predicted molar refractivity (Wildman–Crippen MR) is 183 cm³/mol. The number of likely N-dealkylation sites (tertiary alicyclic amines) is 1. The van der Waals surface area contributed by atoms with Gasteiger partial charge < -0.3 is 25.0 Å². The zero-order valence-corrected chi connectivity index (χ0v) is 30.9. The SMILES string of the molecule is C=C[C@@H]1C[C@]1(NC(=O)[C@@H]1C[C@@](C)(OC(=O)N2Cc3cccc(F)c3C2)CN1C(=O)[C@@H](NC(=O)OC(C)(C)C)C(C)(C)C)C(=O)NS(=O)(=O)C1CC1. The van der Waals surface area contributed by atoms with Crippen molar-refractivity contribution in [3.05, 3.63) is 47.8 Å². The van der Waals surface area contributed by atoms with Gasteiger partial charge in [-0.05, 0) is 64.0 Å². The van der Waals surface area contributed by atoms with Crippen molar-refractivity contribution in [1.29, 1.82) is 0 Å². The molecule has 280 valence electrons. The summed E-state index contributed by atoms with van der Waals surface area (Å²) in [7, 11) is -3.94. The van der Waals surface area contributed by atoms with Crippen molar-refractivity contribution in [2.24, 2.45) is 11.3 Å². The summed E-state index contributed by atoms with van der Waals surface area (Å²) in [5.41, 5.74) is -3.83. The highest BCUT2D eigenvalue weighted by Crippen LogP contribution is 2.46. The first-order valence-electron chi connectivity index (χ1n) is 17.0. The number of halogens is 1. The van der Waals surface area contributed by atoms with Crippen LogP contribution in [0.3, 0.4) is 0 Å². The lowest BCUT2D eigenvalue weighted by Gasteiger charge is -2.36. The van der Waals surface area contributed by atoms with Crippen molar-refractivity contribution in [3.63, 3.8) is 0 Å². The maximum absolute atomic E-state index is 14.5. The summed E-state index contributed by atoms with van der Waals surface area (Å²) >= 11 is 0. The smallest absolute Gasteiger partial charge is 0.410 e. The van der Waals surface area contributed by atoms with Crippen LogP contribution < -0.4 is 15.4 Å². The largest absolute Gasteiger partial charge is 0.444 e. The Labute approximate surface area is 297 Å². The molecule has 14 nitrogen and oxygen atoms in total. The molecule has 1 aromatic carbocycles. The predicted octanol–water partition coefficient (Wildman–Crippen LogP) is 3.25. The van der Waals surface area contributed by atoms with Gasteiger partial charge in [0, 0.05) is 24.4 Å². The fourth-order valence-electron chi connectivity index (χ4n) is 6.64. The molecule has 1 aromatic rings. The van der Waals surface area contributed by atoms with Gasteiger partial charge in [0.1, 0.15) is 34.6 Å². The molecule has 0 spiro atoms. The summed E-state index contributed by atoms with van der Waals surface area (Å²) < 4.78 is 53.2. The number of hydrogen-bond acceptors (Lipinski definition) is 9. The van der Waals surface area contributed by atoms with Gasteiger partial charge in [-0.25, -0.2) is 22.4 Å².